The predicted octanol–water partition coefficient (Wildman–Crippen LogP) is 6.84. The van der Waals surface area contributed by atoms with Gasteiger partial charge in [0.1, 0.15) is 0 Å². The monoisotopic (exact) mass is 417 g/mol. The van der Waals surface area contributed by atoms with Crippen molar-refractivity contribution in [3.05, 3.63) is 76.5 Å². The van der Waals surface area contributed by atoms with Crippen molar-refractivity contribution in [2.75, 3.05) is 18.4 Å². The van der Waals surface area contributed by atoms with Gasteiger partial charge in [-0.2, -0.15) is 0 Å². The van der Waals surface area contributed by atoms with E-state index in [1.807, 2.05) is 30.2 Å². The Morgan fingerprint density at radius 2 is 1.94 bits per heavy atom. The molecular formula is C27H35N3O. The van der Waals surface area contributed by atoms with Gasteiger partial charge in [0.05, 0.1) is 5.92 Å². The van der Waals surface area contributed by atoms with E-state index in [2.05, 4.69) is 62.5 Å². The van der Waals surface area contributed by atoms with Crippen LogP contribution < -0.4 is 5.32 Å². The molecule has 0 bridgehead atoms. The minimum atomic E-state index is -0.0449. The molecule has 1 atom stereocenters. The van der Waals surface area contributed by atoms with Crippen LogP contribution in [0.2, 0.25) is 0 Å². The van der Waals surface area contributed by atoms with Gasteiger partial charge >= 0.3 is 6.03 Å². The molecule has 164 valence electrons. The Kier molecular flexibility index (Phi) is 8.05. The zero-order chi connectivity index (χ0) is 22.2. The number of carbonyl (C=O) groups is 1. The fourth-order valence-corrected chi connectivity index (χ4v) is 4.14. The van der Waals surface area contributed by atoms with Gasteiger partial charge in [0.2, 0.25) is 0 Å². The van der Waals surface area contributed by atoms with E-state index in [0.717, 1.165) is 49.2 Å². The summed E-state index contributed by atoms with van der Waals surface area (Å²) >= 11 is 0. The molecule has 2 amide bonds. The fraction of sp³-hybridized carbons (Fsp3) is 0.407. The van der Waals surface area contributed by atoms with E-state index in [0.29, 0.717) is 6.54 Å². The normalized spacial score (nSPS) is 14.5. The molecule has 3 rings (SSSR count). The smallest absolute Gasteiger partial charge is 0.321 e. The second-order valence-electron chi connectivity index (χ2n) is 8.23. The molecule has 2 aromatic carbocycles. The van der Waals surface area contributed by atoms with Gasteiger partial charge in [-0.15, -0.1) is 0 Å². The number of hydrogen-bond acceptors (Lipinski definition) is 2. The summed E-state index contributed by atoms with van der Waals surface area (Å²) in [6.45, 7) is 9.91. The third-order valence-electron chi connectivity index (χ3n) is 6.02. The van der Waals surface area contributed by atoms with Crippen LogP contribution in [0.5, 0.6) is 0 Å². The summed E-state index contributed by atoms with van der Waals surface area (Å²) in [6, 6.07) is 14.7. The molecule has 0 fully saturated rings. The summed E-state index contributed by atoms with van der Waals surface area (Å²) in [4.78, 5) is 19.4. The molecule has 0 spiro atoms. The van der Waals surface area contributed by atoms with Crippen molar-refractivity contribution in [2.45, 2.75) is 59.3 Å². The van der Waals surface area contributed by atoms with Crippen molar-refractivity contribution in [3.63, 3.8) is 0 Å². The zero-order valence-electron chi connectivity index (χ0n) is 19.3. The highest BCUT2D eigenvalue weighted by Crippen LogP contribution is 2.37. The maximum absolute atomic E-state index is 12.7. The van der Waals surface area contributed by atoms with Crippen molar-refractivity contribution < 1.29 is 4.79 Å². The number of nitrogens with one attached hydrogen (secondary N) is 1. The largest absolute Gasteiger partial charge is 0.325 e. The standard InChI is InChI=1S/C27H35N3O/c1-5-18-30(6-2)27(31)29-23-14-11-13-22(19-23)26(25-16-8-7-9-17-28-25)24-15-10-12-20(3)21(24)4/h10-17,19,26H,5-9,18H2,1-4H3,(H,29,31). The Morgan fingerprint density at radius 3 is 2.71 bits per heavy atom. The van der Waals surface area contributed by atoms with Crippen molar-refractivity contribution in [1.29, 1.82) is 0 Å². The third kappa shape index (κ3) is 5.63. The van der Waals surface area contributed by atoms with E-state index >= 15 is 0 Å². The second-order valence-corrected chi connectivity index (χ2v) is 8.23. The molecule has 0 aromatic heterocycles. The molecule has 2 aromatic rings. The van der Waals surface area contributed by atoms with E-state index in [4.69, 9.17) is 4.99 Å². The number of hydrogen-bond donors (Lipinski definition) is 1. The van der Waals surface area contributed by atoms with Crippen molar-refractivity contribution in [1.82, 2.24) is 4.90 Å². The lowest BCUT2D eigenvalue weighted by atomic mass is 9.84. The SMILES string of the molecule is CCCN(CC)C(=O)Nc1cccc(C(C2=CCCCC=N2)c2cccc(C)c2C)c1. The Morgan fingerprint density at radius 1 is 1.13 bits per heavy atom. The first-order valence-corrected chi connectivity index (χ1v) is 11.5. The van der Waals surface area contributed by atoms with Gasteiger partial charge in [-0.1, -0.05) is 43.3 Å². The van der Waals surface area contributed by atoms with E-state index in [9.17, 15) is 4.79 Å². The van der Waals surface area contributed by atoms with Gasteiger partial charge < -0.3 is 10.2 Å². The summed E-state index contributed by atoms with van der Waals surface area (Å²) in [5, 5.41) is 3.09. The molecular weight excluding hydrogens is 382 g/mol. The average Bonchev–Trinajstić information content (AvgIpc) is 3.05. The Balaban J connectivity index is 2.00. The molecule has 1 aliphatic heterocycles. The lowest BCUT2D eigenvalue weighted by Crippen LogP contribution is -2.35. The van der Waals surface area contributed by atoms with E-state index in [1.54, 1.807) is 0 Å². The lowest BCUT2D eigenvalue weighted by molar-refractivity contribution is 0.214. The molecule has 1 N–H and O–H groups in total. The Hall–Kier alpha value is -2.88. The van der Waals surface area contributed by atoms with Gasteiger partial charge in [0.15, 0.2) is 0 Å². The molecule has 0 aliphatic carbocycles. The highest BCUT2D eigenvalue weighted by Gasteiger charge is 2.22. The first kappa shape index (κ1) is 22.8. The molecule has 4 heteroatoms. The van der Waals surface area contributed by atoms with Crippen molar-refractivity contribution in [3.8, 4) is 0 Å². The fourth-order valence-electron chi connectivity index (χ4n) is 4.14. The van der Waals surface area contributed by atoms with Gasteiger partial charge in [0, 0.05) is 30.7 Å². The van der Waals surface area contributed by atoms with Crippen LogP contribution in [-0.4, -0.2) is 30.2 Å². The van der Waals surface area contributed by atoms with Gasteiger partial charge in [0.25, 0.3) is 0 Å². The minimum Gasteiger partial charge on any atom is -0.325 e. The maximum Gasteiger partial charge on any atom is 0.321 e. The molecule has 0 radical (unpaired) electrons. The molecule has 0 saturated carbocycles. The molecule has 31 heavy (non-hydrogen) atoms. The number of urea groups is 1. The number of anilines is 1. The topological polar surface area (TPSA) is 44.7 Å². The maximum atomic E-state index is 12.7. The van der Waals surface area contributed by atoms with Crippen LogP contribution >= 0.6 is 0 Å². The molecule has 1 unspecified atom stereocenters. The summed E-state index contributed by atoms with van der Waals surface area (Å²) in [7, 11) is 0. The van der Waals surface area contributed by atoms with Gasteiger partial charge in [-0.3, -0.25) is 4.99 Å². The van der Waals surface area contributed by atoms with Crippen LogP contribution in [0.4, 0.5) is 10.5 Å². The van der Waals surface area contributed by atoms with Crippen LogP contribution in [0.1, 0.15) is 67.7 Å². The van der Waals surface area contributed by atoms with Gasteiger partial charge in [-0.25, -0.2) is 4.79 Å². The first-order chi connectivity index (χ1) is 15.0. The molecule has 0 saturated heterocycles. The Bertz CT molecular complexity index is 961. The lowest BCUT2D eigenvalue weighted by Gasteiger charge is -2.24. The number of benzene rings is 2. The van der Waals surface area contributed by atoms with E-state index in [-0.39, 0.29) is 11.9 Å². The van der Waals surface area contributed by atoms with Crippen LogP contribution in [0.3, 0.4) is 0 Å². The summed E-state index contributed by atoms with van der Waals surface area (Å²) < 4.78 is 0. The first-order valence-electron chi connectivity index (χ1n) is 11.5. The van der Waals surface area contributed by atoms with Crippen LogP contribution in [-0.2, 0) is 0 Å². The molecule has 4 nitrogen and oxygen atoms in total. The number of amides is 2. The van der Waals surface area contributed by atoms with Crippen LogP contribution in [0.25, 0.3) is 0 Å². The highest BCUT2D eigenvalue weighted by molar-refractivity contribution is 5.89. The molecule has 1 aliphatic rings. The number of rotatable bonds is 7. The molecule has 1 heterocycles. The number of aryl methyl sites for hydroxylation is 1. The number of carbonyl (C=O) groups excluding carboxylic acids is 1. The summed E-state index contributed by atoms with van der Waals surface area (Å²) in [6.07, 6.45) is 8.46. The van der Waals surface area contributed by atoms with Gasteiger partial charge in [-0.05, 0) is 80.8 Å². The Labute approximate surface area is 187 Å². The van der Waals surface area contributed by atoms with Crippen LogP contribution in [0, 0.1) is 13.8 Å². The summed E-state index contributed by atoms with van der Waals surface area (Å²) in [5.41, 5.74) is 6.91. The zero-order valence-corrected chi connectivity index (χ0v) is 19.3. The third-order valence-corrected chi connectivity index (χ3v) is 6.02. The van der Waals surface area contributed by atoms with Crippen LogP contribution in [0.15, 0.2) is 59.2 Å². The van der Waals surface area contributed by atoms with Crippen molar-refractivity contribution >= 4 is 17.9 Å². The average molecular weight is 418 g/mol. The highest BCUT2D eigenvalue weighted by atomic mass is 16.2. The summed E-state index contributed by atoms with van der Waals surface area (Å²) in [5.74, 6) is 0.0454. The second kappa shape index (κ2) is 10.9. The minimum absolute atomic E-state index is 0.0449. The van der Waals surface area contributed by atoms with E-state index < -0.39 is 0 Å². The number of nitrogens with zero attached hydrogens (tertiary/aromatic N) is 2. The number of allylic oxidation sites excluding steroid dienone is 2. The predicted molar refractivity (Wildman–Crippen MR) is 131 cm³/mol. The number of aliphatic imine (C=N–C) groups is 1. The van der Waals surface area contributed by atoms with Crippen molar-refractivity contribution in [2.24, 2.45) is 4.99 Å². The quantitative estimate of drug-likeness (QED) is 0.527. The van der Waals surface area contributed by atoms with E-state index in [1.165, 1.54) is 16.7 Å².